The number of fused-ring (bicyclic) bond motifs is 6. The Labute approximate surface area is 369 Å². The van der Waals surface area contributed by atoms with Crippen molar-refractivity contribution in [2.24, 2.45) is 17.3 Å². The lowest BCUT2D eigenvalue weighted by Gasteiger charge is -2.19. The van der Waals surface area contributed by atoms with E-state index in [0.717, 1.165) is 55.0 Å². The molecule has 0 aliphatic rings. The summed E-state index contributed by atoms with van der Waals surface area (Å²) < 4.78 is 4.80. The summed E-state index contributed by atoms with van der Waals surface area (Å²) in [7, 11) is 2.14. The molecule has 0 aliphatic carbocycles. The average Bonchev–Trinajstić information content (AvgIpc) is 3.79. The van der Waals surface area contributed by atoms with Crippen molar-refractivity contribution < 1.29 is 0 Å². The highest BCUT2D eigenvalue weighted by atomic mass is 15.5. The van der Waals surface area contributed by atoms with E-state index < -0.39 is 0 Å². The van der Waals surface area contributed by atoms with Crippen molar-refractivity contribution in [1.29, 1.82) is 0 Å². The fourth-order valence-electron chi connectivity index (χ4n) is 9.10. The Hall–Kier alpha value is -6.14. The maximum atomic E-state index is 5.08. The monoisotopic (exact) mass is 821 g/mol. The number of anilines is 2. The van der Waals surface area contributed by atoms with Gasteiger partial charge in [0, 0.05) is 70.3 Å². The molecule has 0 bridgehead atoms. The minimum Gasteiger partial charge on any atom is -0.344 e. The van der Waals surface area contributed by atoms with Crippen molar-refractivity contribution in [2.75, 3.05) is 23.1 Å². The van der Waals surface area contributed by atoms with E-state index in [0.29, 0.717) is 0 Å². The second-order valence-corrected chi connectivity index (χ2v) is 16.9. The van der Waals surface area contributed by atoms with E-state index in [2.05, 4.69) is 185 Å². The lowest BCUT2D eigenvalue weighted by molar-refractivity contribution is 0.564. The maximum absolute atomic E-state index is 5.08. The van der Waals surface area contributed by atoms with Crippen LogP contribution in [0.5, 0.6) is 0 Å². The molecule has 0 spiro atoms. The van der Waals surface area contributed by atoms with Crippen molar-refractivity contribution in [3.8, 4) is 0 Å². The summed E-state index contributed by atoms with van der Waals surface area (Å²) in [5, 5.41) is 19.7. The number of nitrogens with zero attached hydrogens (tertiary/aromatic N) is 6. The highest BCUT2D eigenvalue weighted by Gasteiger charge is 2.12. The van der Waals surface area contributed by atoms with Crippen LogP contribution < -0.4 is 10.0 Å². The Morgan fingerprint density at radius 1 is 0.419 bits per heavy atom. The summed E-state index contributed by atoms with van der Waals surface area (Å²) in [5.41, 5.74) is 9.70. The van der Waals surface area contributed by atoms with E-state index in [1.54, 1.807) is 0 Å². The molecular weight excluding hydrogens is 757 g/mol. The number of para-hydroxylation sites is 4. The molecule has 0 amide bonds. The van der Waals surface area contributed by atoms with Gasteiger partial charge in [0.25, 0.3) is 0 Å². The minimum absolute atomic E-state index is 0.906. The Morgan fingerprint density at radius 2 is 0.839 bits per heavy atom. The van der Waals surface area contributed by atoms with Crippen LogP contribution in [-0.4, -0.2) is 34.7 Å². The normalized spacial score (nSPS) is 12.0. The van der Waals surface area contributed by atoms with Gasteiger partial charge in [-0.3, -0.25) is 10.0 Å². The fraction of sp³-hybridized carbons (Fsp3) is 0.321. The third-order valence-corrected chi connectivity index (χ3v) is 12.5. The molecule has 0 fully saturated rings. The Kier molecular flexibility index (Phi) is 14.8. The predicted molar refractivity (Wildman–Crippen MR) is 268 cm³/mol. The first-order chi connectivity index (χ1) is 30.7. The maximum Gasteiger partial charge on any atom is 0.0593 e. The number of benzene rings is 6. The van der Waals surface area contributed by atoms with Gasteiger partial charge in [-0.05, 0) is 91.1 Å². The first kappa shape index (κ1) is 42.5. The molecule has 0 saturated heterocycles. The van der Waals surface area contributed by atoms with E-state index in [9.17, 15) is 0 Å². The number of aryl methyl sites for hydroxylation is 2. The first-order valence-electron chi connectivity index (χ1n) is 23.4. The second kappa shape index (κ2) is 21.6. The Bertz CT molecular complexity index is 2690. The largest absolute Gasteiger partial charge is 0.344 e. The van der Waals surface area contributed by atoms with Gasteiger partial charge in [0.1, 0.15) is 0 Å². The number of unbranched alkanes of at least 4 members (excludes halogenated alkanes) is 11. The highest BCUT2D eigenvalue weighted by molar-refractivity contribution is 6.10. The van der Waals surface area contributed by atoms with Crippen LogP contribution in [0.3, 0.4) is 0 Å². The zero-order valence-corrected chi connectivity index (χ0v) is 37.0. The molecule has 0 N–H and O–H groups in total. The Balaban J connectivity index is 0.804. The van der Waals surface area contributed by atoms with Crippen molar-refractivity contribution in [3.63, 3.8) is 0 Å². The van der Waals surface area contributed by atoms with Crippen LogP contribution in [0, 0.1) is 0 Å². The van der Waals surface area contributed by atoms with E-state index >= 15 is 0 Å². The average molecular weight is 821 g/mol. The van der Waals surface area contributed by atoms with Crippen LogP contribution in [0.15, 0.2) is 156 Å². The van der Waals surface area contributed by atoms with Crippen LogP contribution in [0.2, 0.25) is 0 Å². The van der Waals surface area contributed by atoms with E-state index in [1.165, 1.54) is 114 Å². The molecule has 8 aromatic rings. The SMILES string of the molecule is CCCCCCCn1c2ccccc2c2cc(/C=N/N(CCCCCCCCCCN(/N=C/c3ccc4c(c3)c3ccccc3n4C)c3ccccc3)c3ccccc3)ccc21. The van der Waals surface area contributed by atoms with Crippen LogP contribution in [0.4, 0.5) is 11.4 Å². The molecule has 0 saturated carbocycles. The van der Waals surface area contributed by atoms with Gasteiger partial charge in [-0.2, -0.15) is 10.2 Å². The van der Waals surface area contributed by atoms with Crippen molar-refractivity contribution in [1.82, 2.24) is 9.13 Å². The van der Waals surface area contributed by atoms with Crippen LogP contribution in [0.1, 0.15) is 102 Å². The molecule has 6 nitrogen and oxygen atoms in total. The number of hydrogen-bond donors (Lipinski definition) is 0. The molecule has 6 aromatic carbocycles. The molecule has 2 heterocycles. The minimum atomic E-state index is 0.906. The third kappa shape index (κ3) is 10.5. The topological polar surface area (TPSA) is 41.1 Å². The van der Waals surface area contributed by atoms with Crippen LogP contribution in [-0.2, 0) is 13.6 Å². The van der Waals surface area contributed by atoms with Gasteiger partial charge in [0.2, 0.25) is 0 Å². The summed E-state index contributed by atoms with van der Waals surface area (Å²) in [6.45, 7) is 5.16. The van der Waals surface area contributed by atoms with Crippen molar-refractivity contribution in [2.45, 2.75) is 96.9 Å². The molecule has 2 aromatic heterocycles. The highest BCUT2D eigenvalue weighted by Crippen LogP contribution is 2.31. The number of hydrogen-bond acceptors (Lipinski definition) is 4. The standard InChI is InChI=1S/C56H64N6/c1-3-4-5-10-23-38-60-55-33-22-20-31-50(55)52-42-46(35-37-56(52)60)44-58-62(48-28-17-14-18-29-48)40-25-12-9-7-6-8-11-24-39-61(47-26-15-13-16-27-47)57-43-45-34-36-54-51(41-45)49-30-19-21-32-53(49)59(54)2/h13-22,26-37,41-44H,3-12,23-25,38-40H2,1-2H3/b57-43+,58-44+. The molecular formula is C56H64N6. The molecule has 0 aliphatic heterocycles. The van der Waals surface area contributed by atoms with E-state index in [-0.39, 0.29) is 0 Å². The number of aromatic nitrogens is 2. The molecule has 8 rings (SSSR count). The number of rotatable bonds is 23. The Morgan fingerprint density at radius 3 is 1.42 bits per heavy atom. The third-order valence-electron chi connectivity index (χ3n) is 12.5. The summed E-state index contributed by atoms with van der Waals surface area (Å²) in [4.78, 5) is 0. The summed E-state index contributed by atoms with van der Waals surface area (Å²) >= 11 is 0. The van der Waals surface area contributed by atoms with Gasteiger partial charge >= 0.3 is 0 Å². The zero-order valence-electron chi connectivity index (χ0n) is 37.0. The van der Waals surface area contributed by atoms with Crippen molar-refractivity contribution in [3.05, 3.63) is 157 Å². The molecule has 0 radical (unpaired) electrons. The number of hydrazone groups is 2. The summed E-state index contributed by atoms with van der Waals surface area (Å²) in [6, 6.07) is 52.3. The quantitative estimate of drug-likeness (QED) is 0.0366. The van der Waals surface area contributed by atoms with Crippen molar-refractivity contribution >= 4 is 67.4 Å². The zero-order chi connectivity index (χ0) is 42.4. The fourth-order valence-corrected chi connectivity index (χ4v) is 9.10. The second-order valence-electron chi connectivity index (χ2n) is 16.9. The molecule has 0 atom stereocenters. The van der Waals surface area contributed by atoms with E-state index in [1.807, 2.05) is 6.21 Å². The van der Waals surface area contributed by atoms with Gasteiger partial charge in [-0.1, -0.05) is 156 Å². The lowest BCUT2D eigenvalue weighted by atomic mass is 10.1. The molecule has 0 unspecified atom stereocenters. The van der Waals surface area contributed by atoms with Gasteiger partial charge in [-0.15, -0.1) is 0 Å². The first-order valence-corrected chi connectivity index (χ1v) is 23.4. The molecule has 6 heteroatoms. The lowest BCUT2D eigenvalue weighted by Crippen LogP contribution is -2.18. The smallest absolute Gasteiger partial charge is 0.0593 e. The van der Waals surface area contributed by atoms with Gasteiger partial charge in [0.15, 0.2) is 0 Å². The summed E-state index contributed by atoms with van der Waals surface area (Å²) in [6.07, 6.45) is 20.3. The van der Waals surface area contributed by atoms with Gasteiger partial charge in [0.05, 0.1) is 23.8 Å². The summed E-state index contributed by atoms with van der Waals surface area (Å²) in [5.74, 6) is 0. The van der Waals surface area contributed by atoms with Crippen LogP contribution in [0.25, 0.3) is 43.6 Å². The predicted octanol–water partition coefficient (Wildman–Crippen LogP) is 14.9. The molecule has 318 valence electrons. The van der Waals surface area contributed by atoms with Gasteiger partial charge < -0.3 is 9.13 Å². The van der Waals surface area contributed by atoms with E-state index in [4.69, 9.17) is 10.2 Å². The van der Waals surface area contributed by atoms with Crippen LogP contribution >= 0.6 is 0 Å². The molecule has 62 heavy (non-hydrogen) atoms. The van der Waals surface area contributed by atoms with Gasteiger partial charge in [-0.25, -0.2) is 0 Å².